The normalized spacial score (nSPS) is 11.6. The lowest BCUT2D eigenvalue weighted by Crippen LogP contribution is -2.27. The second kappa shape index (κ2) is 7.94. The van der Waals surface area contributed by atoms with Crippen LogP contribution in [0.5, 0.6) is 0 Å². The van der Waals surface area contributed by atoms with Gasteiger partial charge in [0.05, 0.1) is 6.04 Å². The highest BCUT2D eigenvalue weighted by Gasteiger charge is 2.13. The summed E-state index contributed by atoms with van der Waals surface area (Å²) in [6.45, 7) is 1.96. The number of hydrogen-bond donors (Lipinski definition) is 2. The Labute approximate surface area is 155 Å². The number of nitrogens with one attached hydrogen (secondary N) is 2. The summed E-state index contributed by atoms with van der Waals surface area (Å²) >= 11 is 3.45. The van der Waals surface area contributed by atoms with Crippen LogP contribution in [0.1, 0.15) is 29.0 Å². The molecule has 5 heteroatoms. The maximum atomic E-state index is 12.5. The summed E-state index contributed by atoms with van der Waals surface area (Å²) in [6.07, 6.45) is 1.63. The predicted molar refractivity (Wildman–Crippen MR) is 104 cm³/mol. The Balaban J connectivity index is 1.71. The van der Waals surface area contributed by atoms with Crippen molar-refractivity contribution in [1.29, 1.82) is 0 Å². The van der Waals surface area contributed by atoms with Gasteiger partial charge in [0.25, 0.3) is 5.91 Å². The molecule has 25 heavy (non-hydrogen) atoms. The summed E-state index contributed by atoms with van der Waals surface area (Å²) in [5.74, 6) is -0.200. The molecule has 0 aliphatic heterocycles. The number of pyridine rings is 1. The average molecular weight is 396 g/mol. The quantitative estimate of drug-likeness (QED) is 0.633. The Morgan fingerprint density at radius 1 is 1.00 bits per heavy atom. The van der Waals surface area contributed by atoms with Gasteiger partial charge in [-0.05, 0) is 42.8 Å². The van der Waals surface area contributed by atoms with Crippen LogP contribution in [0.15, 0.2) is 77.4 Å². The molecule has 0 radical (unpaired) electrons. The molecule has 126 valence electrons. The van der Waals surface area contributed by atoms with Gasteiger partial charge in [0, 0.05) is 22.0 Å². The minimum absolute atomic E-state index is 0.0859. The van der Waals surface area contributed by atoms with E-state index >= 15 is 0 Å². The average Bonchev–Trinajstić information content (AvgIpc) is 2.62. The first-order valence-corrected chi connectivity index (χ1v) is 8.75. The first-order chi connectivity index (χ1) is 12.1. The number of halogens is 1. The van der Waals surface area contributed by atoms with Crippen LogP contribution in [0.2, 0.25) is 0 Å². The van der Waals surface area contributed by atoms with Crippen LogP contribution in [0.3, 0.4) is 0 Å². The van der Waals surface area contributed by atoms with Gasteiger partial charge < -0.3 is 10.6 Å². The van der Waals surface area contributed by atoms with E-state index in [1.54, 1.807) is 12.3 Å². The van der Waals surface area contributed by atoms with Crippen molar-refractivity contribution in [2.24, 2.45) is 0 Å². The van der Waals surface area contributed by atoms with Crippen LogP contribution >= 0.6 is 15.9 Å². The van der Waals surface area contributed by atoms with E-state index in [2.05, 4.69) is 31.5 Å². The molecule has 3 rings (SSSR count). The lowest BCUT2D eigenvalue weighted by molar-refractivity contribution is 0.0935. The van der Waals surface area contributed by atoms with Crippen molar-refractivity contribution < 1.29 is 4.79 Å². The first-order valence-electron chi connectivity index (χ1n) is 7.96. The number of carbonyl (C=O) groups is 1. The smallest absolute Gasteiger partial charge is 0.270 e. The van der Waals surface area contributed by atoms with E-state index in [1.165, 1.54) is 0 Å². The third-order valence-electron chi connectivity index (χ3n) is 3.75. The lowest BCUT2D eigenvalue weighted by Gasteiger charge is -2.14. The van der Waals surface area contributed by atoms with Crippen molar-refractivity contribution in [3.05, 3.63) is 88.7 Å². The molecule has 1 unspecified atom stereocenters. The van der Waals surface area contributed by atoms with Crippen molar-refractivity contribution in [2.45, 2.75) is 13.0 Å². The standard InChI is InChI=1S/C20H18BrN3O/c1-14(15-6-3-2-4-7-15)23-20(25)19-13-18(10-11-22-19)24-17-9-5-8-16(21)12-17/h2-14H,1H3,(H,22,24)(H,23,25). The fourth-order valence-electron chi connectivity index (χ4n) is 2.46. The highest BCUT2D eigenvalue weighted by molar-refractivity contribution is 9.10. The third kappa shape index (κ3) is 4.67. The molecule has 4 nitrogen and oxygen atoms in total. The van der Waals surface area contributed by atoms with Gasteiger partial charge in [0.15, 0.2) is 0 Å². The summed E-state index contributed by atoms with van der Waals surface area (Å²) in [5, 5.41) is 6.25. The zero-order chi connectivity index (χ0) is 17.6. The van der Waals surface area contributed by atoms with E-state index < -0.39 is 0 Å². The van der Waals surface area contributed by atoms with Gasteiger partial charge in [0.2, 0.25) is 0 Å². The zero-order valence-corrected chi connectivity index (χ0v) is 15.3. The molecule has 2 N–H and O–H groups in total. The SMILES string of the molecule is CC(NC(=O)c1cc(Nc2cccc(Br)c2)ccn1)c1ccccc1. The van der Waals surface area contributed by atoms with Crippen molar-refractivity contribution >= 4 is 33.2 Å². The summed E-state index contributed by atoms with van der Waals surface area (Å²) in [5.41, 5.74) is 3.18. The topological polar surface area (TPSA) is 54.0 Å². The molecule has 3 aromatic rings. The Bertz CT molecular complexity index is 868. The number of carbonyl (C=O) groups excluding carboxylic acids is 1. The van der Waals surface area contributed by atoms with Gasteiger partial charge in [0.1, 0.15) is 5.69 Å². The van der Waals surface area contributed by atoms with E-state index in [4.69, 9.17) is 0 Å². The van der Waals surface area contributed by atoms with Crippen LogP contribution < -0.4 is 10.6 Å². The first kappa shape index (κ1) is 17.2. The molecular formula is C20H18BrN3O. The highest BCUT2D eigenvalue weighted by atomic mass is 79.9. The molecule has 0 bridgehead atoms. The zero-order valence-electron chi connectivity index (χ0n) is 13.7. The van der Waals surface area contributed by atoms with Crippen molar-refractivity contribution in [2.75, 3.05) is 5.32 Å². The predicted octanol–water partition coefficient (Wildman–Crippen LogP) is 5.08. The van der Waals surface area contributed by atoms with Crippen LogP contribution in [-0.2, 0) is 0 Å². The summed E-state index contributed by atoms with van der Waals surface area (Å²) < 4.78 is 0.987. The largest absolute Gasteiger partial charge is 0.355 e. The minimum Gasteiger partial charge on any atom is -0.355 e. The van der Waals surface area contributed by atoms with Crippen LogP contribution in [0.4, 0.5) is 11.4 Å². The Kier molecular flexibility index (Phi) is 5.46. The van der Waals surface area contributed by atoms with Crippen LogP contribution in [0.25, 0.3) is 0 Å². The van der Waals surface area contributed by atoms with Gasteiger partial charge in [-0.3, -0.25) is 9.78 Å². The number of anilines is 2. The minimum atomic E-state index is -0.200. The van der Waals surface area contributed by atoms with Gasteiger partial charge in [-0.1, -0.05) is 52.3 Å². The number of rotatable bonds is 5. The second-order valence-corrected chi connectivity index (χ2v) is 6.59. The van der Waals surface area contributed by atoms with Gasteiger partial charge in [-0.15, -0.1) is 0 Å². The van der Waals surface area contributed by atoms with Crippen molar-refractivity contribution in [3.8, 4) is 0 Å². The fraction of sp³-hybridized carbons (Fsp3) is 0.100. The summed E-state index contributed by atoms with van der Waals surface area (Å²) in [4.78, 5) is 16.7. The Morgan fingerprint density at radius 3 is 2.52 bits per heavy atom. The fourth-order valence-corrected chi connectivity index (χ4v) is 2.86. The highest BCUT2D eigenvalue weighted by Crippen LogP contribution is 2.21. The molecule has 0 spiro atoms. The molecule has 1 heterocycles. The molecule has 0 aliphatic carbocycles. The maximum Gasteiger partial charge on any atom is 0.270 e. The molecule has 2 aromatic carbocycles. The Morgan fingerprint density at radius 2 is 1.76 bits per heavy atom. The van der Waals surface area contributed by atoms with Gasteiger partial charge in [-0.25, -0.2) is 0 Å². The van der Waals surface area contributed by atoms with E-state index in [0.717, 1.165) is 21.4 Å². The third-order valence-corrected chi connectivity index (χ3v) is 4.25. The molecule has 1 amide bonds. The Hall–Kier alpha value is -2.66. The van der Waals surface area contributed by atoms with Crippen molar-refractivity contribution in [1.82, 2.24) is 10.3 Å². The van der Waals surface area contributed by atoms with Gasteiger partial charge in [-0.2, -0.15) is 0 Å². The van der Waals surface area contributed by atoms with E-state index in [0.29, 0.717) is 5.69 Å². The van der Waals surface area contributed by atoms with Gasteiger partial charge >= 0.3 is 0 Å². The number of hydrogen-bond acceptors (Lipinski definition) is 3. The number of benzene rings is 2. The van der Waals surface area contributed by atoms with Crippen LogP contribution in [0, 0.1) is 0 Å². The molecular weight excluding hydrogens is 378 g/mol. The van der Waals surface area contributed by atoms with E-state index in [1.807, 2.05) is 67.6 Å². The molecule has 0 saturated heterocycles. The monoisotopic (exact) mass is 395 g/mol. The summed E-state index contributed by atoms with van der Waals surface area (Å²) in [7, 11) is 0. The van der Waals surface area contributed by atoms with E-state index in [9.17, 15) is 4.79 Å². The number of aromatic nitrogens is 1. The summed E-state index contributed by atoms with van der Waals surface area (Å²) in [6, 6.07) is 21.2. The molecule has 1 aromatic heterocycles. The molecule has 0 fully saturated rings. The van der Waals surface area contributed by atoms with Crippen LogP contribution in [-0.4, -0.2) is 10.9 Å². The molecule has 0 aliphatic rings. The molecule has 1 atom stereocenters. The number of amides is 1. The van der Waals surface area contributed by atoms with Crippen molar-refractivity contribution in [3.63, 3.8) is 0 Å². The molecule has 0 saturated carbocycles. The van der Waals surface area contributed by atoms with E-state index in [-0.39, 0.29) is 11.9 Å². The number of nitrogens with zero attached hydrogens (tertiary/aromatic N) is 1. The lowest BCUT2D eigenvalue weighted by atomic mass is 10.1. The second-order valence-electron chi connectivity index (χ2n) is 5.67. The maximum absolute atomic E-state index is 12.5.